The average Bonchev–Trinajstić information content (AvgIpc) is 2.44. The fraction of sp³-hybridized carbons (Fsp3) is 0.714. The molecule has 2 rings (SSSR count). The number of anilines is 1. The topological polar surface area (TPSA) is 58.5 Å². The molecule has 1 atom stereocenters. The Morgan fingerprint density at radius 2 is 2.15 bits per heavy atom. The summed E-state index contributed by atoms with van der Waals surface area (Å²) >= 11 is 6.05. The first-order valence-electron chi connectivity index (χ1n) is 7.14. The Kier molecular flexibility index (Phi) is 5.57. The Morgan fingerprint density at radius 3 is 2.75 bits per heavy atom. The second-order valence-electron chi connectivity index (χ2n) is 5.17. The molecule has 0 amide bonds. The van der Waals surface area contributed by atoms with E-state index in [-0.39, 0.29) is 6.10 Å². The van der Waals surface area contributed by atoms with Crippen molar-refractivity contribution < 1.29 is 9.84 Å². The molecule has 6 heteroatoms. The van der Waals surface area contributed by atoms with Crippen LogP contribution in [0.3, 0.4) is 0 Å². The zero-order chi connectivity index (χ0) is 14.5. The monoisotopic (exact) mass is 299 g/mol. The van der Waals surface area contributed by atoms with E-state index in [9.17, 15) is 5.11 Å². The summed E-state index contributed by atoms with van der Waals surface area (Å²) in [5.74, 6) is 1.85. The number of aliphatic hydroxyl groups excluding tert-OH is 1. The van der Waals surface area contributed by atoms with E-state index < -0.39 is 0 Å². The van der Waals surface area contributed by atoms with Crippen LogP contribution in [0.4, 0.5) is 5.82 Å². The van der Waals surface area contributed by atoms with Crippen molar-refractivity contribution in [3.8, 4) is 0 Å². The van der Waals surface area contributed by atoms with Crippen molar-refractivity contribution in [1.82, 2.24) is 9.97 Å². The maximum absolute atomic E-state index is 9.64. The molecule has 1 saturated heterocycles. The van der Waals surface area contributed by atoms with Gasteiger partial charge >= 0.3 is 0 Å². The molecule has 0 bridgehead atoms. The minimum Gasteiger partial charge on any atom is -0.393 e. The second-order valence-corrected chi connectivity index (χ2v) is 5.55. The van der Waals surface area contributed by atoms with E-state index in [1.807, 2.05) is 13.8 Å². The SMILES string of the molecule is CCOCc1nc(Cl)cc(N2CCC(C(C)O)CC2)n1. The number of ether oxygens (including phenoxy) is 1. The van der Waals surface area contributed by atoms with Crippen molar-refractivity contribution in [2.75, 3.05) is 24.6 Å². The number of piperidine rings is 1. The first kappa shape index (κ1) is 15.5. The predicted molar refractivity (Wildman–Crippen MR) is 79.0 cm³/mol. The van der Waals surface area contributed by atoms with Gasteiger partial charge in [0.05, 0.1) is 6.10 Å². The van der Waals surface area contributed by atoms with Gasteiger partial charge in [0.15, 0.2) is 5.82 Å². The molecule has 0 aromatic carbocycles. The van der Waals surface area contributed by atoms with Gasteiger partial charge in [-0.05, 0) is 32.6 Å². The molecule has 20 heavy (non-hydrogen) atoms. The van der Waals surface area contributed by atoms with Gasteiger partial charge in [-0.25, -0.2) is 9.97 Å². The molecule has 5 nitrogen and oxygen atoms in total. The molecule has 112 valence electrons. The summed E-state index contributed by atoms with van der Waals surface area (Å²) in [4.78, 5) is 10.9. The lowest BCUT2D eigenvalue weighted by molar-refractivity contribution is 0.109. The number of halogens is 1. The molecule has 1 aliphatic heterocycles. The molecule has 1 aliphatic rings. The molecular weight excluding hydrogens is 278 g/mol. The smallest absolute Gasteiger partial charge is 0.158 e. The van der Waals surface area contributed by atoms with Crippen LogP contribution in [-0.4, -0.2) is 40.9 Å². The van der Waals surface area contributed by atoms with E-state index in [1.54, 1.807) is 6.07 Å². The number of nitrogens with zero attached hydrogens (tertiary/aromatic N) is 3. The molecule has 2 heterocycles. The fourth-order valence-corrected chi connectivity index (χ4v) is 2.68. The van der Waals surface area contributed by atoms with Crippen molar-refractivity contribution >= 4 is 17.4 Å². The van der Waals surface area contributed by atoms with Crippen LogP contribution in [0, 0.1) is 5.92 Å². The van der Waals surface area contributed by atoms with E-state index in [0.29, 0.717) is 30.1 Å². The van der Waals surface area contributed by atoms with Gasteiger partial charge in [-0.15, -0.1) is 0 Å². The normalized spacial score (nSPS) is 18.3. The molecular formula is C14H22ClN3O2. The highest BCUT2D eigenvalue weighted by Gasteiger charge is 2.23. The van der Waals surface area contributed by atoms with Gasteiger partial charge in [0, 0.05) is 25.8 Å². The molecule has 1 unspecified atom stereocenters. The summed E-state index contributed by atoms with van der Waals surface area (Å²) in [6, 6.07) is 1.79. The first-order valence-corrected chi connectivity index (χ1v) is 7.52. The number of hydrogen-bond acceptors (Lipinski definition) is 5. The molecule has 0 aliphatic carbocycles. The summed E-state index contributed by atoms with van der Waals surface area (Å²) in [5.41, 5.74) is 0. The van der Waals surface area contributed by atoms with Crippen LogP contribution >= 0.6 is 11.6 Å². The third kappa shape index (κ3) is 4.04. The van der Waals surface area contributed by atoms with Gasteiger partial charge in [0.2, 0.25) is 0 Å². The van der Waals surface area contributed by atoms with E-state index in [2.05, 4.69) is 14.9 Å². The lowest BCUT2D eigenvalue weighted by atomic mass is 9.92. The first-order chi connectivity index (χ1) is 9.60. The zero-order valence-electron chi connectivity index (χ0n) is 12.0. The molecule has 1 aromatic heterocycles. The van der Waals surface area contributed by atoms with Crippen molar-refractivity contribution in [3.05, 3.63) is 17.0 Å². The third-order valence-corrected chi connectivity index (χ3v) is 3.90. The fourth-order valence-electron chi connectivity index (χ4n) is 2.48. The Hall–Kier alpha value is -0.910. The Bertz CT molecular complexity index is 434. The highest BCUT2D eigenvalue weighted by atomic mass is 35.5. The lowest BCUT2D eigenvalue weighted by Crippen LogP contribution is -2.37. The van der Waals surface area contributed by atoms with Gasteiger partial charge in [-0.2, -0.15) is 0 Å². The minimum absolute atomic E-state index is 0.236. The van der Waals surface area contributed by atoms with E-state index in [4.69, 9.17) is 16.3 Å². The highest BCUT2D eigenvalue weighted by molar-refractivity contribution is 6.29. The Morgan fingerprint density at radius 1 is 1.45 bits per heavy atom. The number of rotatable bonds is 5. The highest BCUT2D eigenvalue weighted by Crippen LogP contribution is 2.25. The maximum atomic E-state index is 9.64. The zero-order valence-corrected chi connectivity index (χ0v) is 12.8. The second kappa shape index (κ2) is 7.20. The van der Waals surface area contributed by atoms with E-state index >= 15 is 0 Å². The predicted octanol–water partition coefficient (Wildman–Crippen LogP) is 2.26. The summed E-state index contributed by atoms with van der Waals surface area (Å²) in [6.45, 7) is 6.58. The number of aromatic nitrogens is 2. The maximum Gasteiger partial charge on any atom is 0.158 e. The van der Waals surface area contributed by atoms with Crippen LogP contribution < -0.4 is 4.90 Å². The van der Waals surface area contributed by atoms with E-state index in [1.165, 1.54) is 0 Å². The largest absolute Gasteiger partial charge is 0.393 e. The minimum atomic E-state index is -0.236. The van der Waals surface area contributed by atoms with Crippen molar-refractivity contribution in [3.63, 3.8) is 0 Å². The van der Waals surface area contributed by atoms with Gasteiger partial charge in [-0.3, -0.25) is 0 Å². The quantitative estimate of drug-likeness (QED) is 0.845. The summed E-state index contributed by atoms with van der Waals surface area (Å²) < 4.78 is 5.33. The van der Waals surface area contributed by atoms with Gasteiger partial charge < -0.3 is 14.7 Å². The van der Waals surface area contributed by atoms with E-state index in [0.717, 1.165) is 31.7 Å². The van der Waals surface area contributed by atoms with Gasteiger partial charge in [0.25, 0.3) is 0 Å². The number of hydrogen-bond donors (Lipinski definition) is 1. The molecule has 0 radical (unpaired) electrons. The molecule has 0 spiro atoms. The third-order valence-electron chi connectivity index (χ3n) is 3.71. The van der Waals surface area contributed by atoms with Crippen molar-refractivity contribution in [2.45, 2.75) is 39.4 Å². The Balaban J connectivity index is 2.03. The average molecular weight is 300 g/mol. The van der Waals surface area contributed by atoms with Crippen LogP contribution in [0.5, 0.6) is 0 Å². The summed E-state index contributed by atoms with van der Waals surface area (Å²) in [6.07, 6.45) is 1.71. The van der Waals surface area contributed by atoms with Crippen LogP contribution in [0.25, 0.3) is 0 Å². The number of aliphatic hydroxyl groups is 1. The van der Waals surface area contributed by atoms with Crippen LogP contribution in [0.1, 0.15) is 32.5 Å². The lowest BCUT2D eigenvalue weighted by Gasteiger charge is -2.34. The van der Waals surface area contributed by atoms with Crippen molar-refractivity contribution in [1.29, 1.82) is 0 Å². The van der Waals surface area contributed by atoms with Gasteiger partial charge in [0.1, 0.15) is 17.6 Å². The Labute approximate surface area is 124 Å². The summed E-state index contributed by atoms with van der Waals surface area (Å²) in [7, 11) is 0. The van der Waals surface area contributed by atoms with Crippen LogP contribution in [-0.2, 0) is 11.3 Å². The molecule has 1 fully saturated rings. The van der Waals surface area contributed by atoms with Crippen LogP contribution in [0.2, 0.25) is 5.15 Å². The van der Waals surface area contributed by atoms with Gasteiger partial charge in [-0.1, -0.05) is 11.6 Å². The van der Waals surface area contributed by atoms with Crippen molar-refractivity contribution in [2.24, 2.45) is 5.92 Å². The molecule has 1 N–H and O–H groups in total. The summed E-state index contributed by atoms with van der Waals surface area (Å²) in [5, 5.41) is 10.1. The molecule has 1 aromatic rings. The molecule has 0 saturated carbocycles. The van der Waals surface area contributed by atoms with Crippen LogP contribution in [0.15, 0.2) is 6.07 Å². The standard InChI is InChI=1S/C14H22ClN3O2/c1-3-20-9-13-16-12(15)8-14(17-13)18-6-4-11(5-7-18)10(2)19/h8,10-11,19H,3-7,9H2,1-2H3.